The van der Waals surface area contributed by atoms with Crippen LogP contribution in [0.5, 0.6) is 0 Å². The molecule has 0 amide bonds. The largest absolute Gasteiger partial charge is 0.387 e. The molecule has 0 spiro atoms. The average Bonchev–Trinajstić information content (AvgIpc) is 2.61. The van der Waals surface area contributed by atoms with Crippen LogP contribution < -0.4 is 0 Å². The molecule has 2 aromatic rings. The van der Waals surface area contributed by atoms with Crippen LogP contribution >= 0.6 is 22.9 Å². The molecule has 5 heteroatoms. The fourth-order valence-corrected chi connectivity index (χ4v) is 2.73. The Labute approximate surface area is 96.7 Å². The van der Waals surface area contributed by atoms with E-state index in [0.717, 1.165) is 15.1 Å². The van der Waals surface area contributed by atoms with Gasteiger partial charge in [-0.2, -0.15) is 0 Å². The van der Waals surface area contributed by atoms with E-state index in [1.54, 1.807) is 0 Å². The molecular formula is C10H11ClN2OS. The number of thiophene rings is 1. The van der Waals surface area contributed by atoms with Gasteiger partial charge in [0.05, 0.1) is 16.3 Å². The first kappa shape index (κ1) is 10.8. The van der Waals surface area contributed by atoms with Gasteiger partial charge >= 0.3 is 0 Å². The molecule has 0 bridgehead atoms. The zero-order valence-corrected chi connectivity index (χ0v) is 10.0. The maximum absolute atomic E-state index is 9.91. The highest BCUT2D eigenvalue weighted by molar-refractivity contribution is 7.19. The lowest BCUT2D eigenvalue weighted by atomic mass is 10.1. The van der Waals surface area contributed by atoms with E-state index in [0.29, 0.717) is 5.15 Å². The van der Waals surface area contributed by atoms with E-state index in [1.807, 2.05) is 19.9 Å². The van der Waals surface area contributed by atoms with Crippen LogP contribution in [0, 0.1) is 5.92 Å². The average molecular weight is 243 g/mol. The predicted octanol–water partition coefficient (Wildman–Crippen LogP) is 3.03. The van der Waals surface area contributed by atoms with E-state index in [9.17, 15) is 5.11 Å². The second-order valence-corrected chi connectivity index (χ2v) is 5.16. The number of nitrogens with zero attached hydrogens (tertiary/aromatic N) is 2. The fourth-order valence-electron chi connectivity index (χ4n) is 1.32. The van der Waals surface area contributed by atoms with Crippen LogP contribution in [0.15, 0.2) is 12.4 Å². The van der Waals surface area contributed by atoms with Crippen molar-refractivity contribution in [2.45, 2.75) is 20.0 Å². The molecule has 0 fully saturated rings. The SMILES string of the molecule is CC(C)C(O)c1cc2ncnc(Cl)c2s1. The van der Waals surface area contributed by atoms with Gasteiger partial charge in [0.15, 0.2) is 0 Å². The summed E-state index contributed by atoms with van der Waals surface area (Å²) in [7, 11) is 0. The van der Waals surface area contributed by atoms with Crippen molar-refractivity contribution in [3.8, 4) is 0 Å². The maximum Gasteiger partial charge on any atom is 0.150 e. The Kier molecular flexibility index (Phi) is 2.91. The Balaban J connectivity index is 2.52. The van der Waals surface area contributed by atoms with E-state index >= 15 is 0 Å². The normalized spacial score (nSPS) is 13.7. The molecule has 2 rings (SSSR count). The van der Waals surface area contributed by atoms with Gasteiger partial charge in [-0.05, 0) is 12.0 Å². The minimum Gasteiger partial charge on any atom is -0.387 e. The van der Waals surface area contributed by atoms with E-state index in [2.05, 4.69) is 9.97 Å². The molecule has 15 heavy (non-hydrogen) atoms. The van der Waals surface area contributed by atoms with Crippen molar-refractivity contribution in [1.82, 2.24) is 9.97 Å². The van der Waals surface area contributed by atoms with Crippen LogP contribution in [0.2, 0.25) is 5.15 Å². The van der Waals surface area contributed by atoms with Crippen molar-refractivity contribution in [3.63, 3.8) is 0 Å². The molecule has 0 saturated heterocycles. The van der Waals surface area contributed by atoms with Crippen molar-refractivity contribution in [1.29, 1.82) is 0 Å². The van der Waals surface area contributed by atoms with Gasteiger partial charge in [0.1, 0.15) is 11.5 Å². The van der Waals surface area contributed by atoms with Crippen molar-refractivity contribution >= 4 is 33.2 Å². The molecule has 0 aliphatic heterocycles. The van der Waals surface area contributed by atoms with Gasteiger partial charge in [-0.15, -0.1) is 11.3 Å². The molecule has 2 heterocycles. The summed E-state index contributed by atoms with van der Waals surface area (Å²) in [5.41, 5.74) is 0.801. The molecular weight excluding hydrogens is 232 g/mol. The Morgan fingerprint density at radius 1 is 1.40 bits per heavy atom. The van der Waals surface area contributed by atoms with Gasteiger partial charge in [-0.1, -0.05) is 25.4 Å². The third-order valence-electron chi connectivity index (χ3n) is 2.21. The van der Waals surface area contributed by atoms with Crippen LogP contribution in [-0.2, 0) is 0 Å². The van der Waals surface area contributed by atoms with Crippen molar-refractivity contribution in [2.75, 3.05) is 0 Å². The highest BCUT2D eigenvalue weighted by atomic mass is 35.5. The summed E-state index contributed by atoms with van der Waals surface area (Å²) in [4.78, 5) is 8.91. The Morgan fingerprint density at radius 2 is 2.13 bits per heavy atom. The van der Waals surface area contributed by atoms with Crippen LogP contribution in [0.25, 0.3) is 10.2 Å². The molecule has 0 radical (unpaired) electrons. The third-order valence-corrected chi connectivity index (χ3v) is 3.81. The second kappa shape index (κ2) is 4.04. The van der Waals surface area contributed by atoms with Crippen LogP contribution in [0.4, 0.5) is 0 Å². The second-order valence-electron chi connectivity index (χ2n) is 3.72. The number of halogens is 1. The molecule has 80 valence electrons. The molecule has 0 aliphatic carbocycles. The molecule has 1 N–H and O–H groups in total. The van der Waals surface area contributed by atoms with Crippen molar-refractivity contribution in [2.24, 2.45) is 5.92 Å². The minimum atomic E-state index is -0.458. The zero-order chi connectivity index (χ0) is 11.0. The molecule has 3 nitrogen and oxygen atoms in total. The lowest BCUT2D eigenvalue weighted by Gasteiger charge is -2.11. The first-order valence-electron chi connectivity index (χ1n) is 4.67. The van der Waals surface area contributed by atoms with Gasteiger partial charge < -0.3 is 5.11 Å². The first-order valence-corrected chi connectivity index (χ1v) is 5.87. The van der Waals surface area contributed by atoms with E-state index in [4.69, 9.17) is 11.6 Å². The Hall–Kier alpha value is -0.710. The van der Waals surface area contributed by atoms with Crippen molar-refractivity contribution in [3.05, 3.63) is 22.4 Å². The van der Waals surface area contributed by atoms with Crippen LogP contribution in [0.3, 0.4) is 0 Å². The summed E-state index contributed by atoms with van der Waals surface area (Å²) in [5, 5.41) is 10.4. The molecule has 0 aromatic carbocycles. The maximum atomic E-state index is 9.91. The number of rotatable bonds is 2. The summed E-state index contributed by atoms with van der Waals surface area (Å²) in [6, 6.07) is 1.87. The van der Waals surface area contributed by atoms with E-state index in [1.165, 1.54) is 17.7 Å². The minimum absolute atomic E-state index is 0.185. The Bertz CT molecular complexity index is 483. The molecule has 1 atom stereocenters. The predicted molar refractivity (Wildman–Crippen MR) is 62.2 cm³/mol. The molecule has 2 aromatic heterocycles. The molecule has 1 unspecified atom stereocenters. The Morgan fingerprint density at radius 3 is 2.73 bits per heavy atom. The summed E-state index contributed by atoms with van der Waals surface area (Å²) in [6.07, 6.45) is 0.975. The number of hydrogen-bond acceptors (Lipinski definition) is 4. The van der Waals surface area contributed by atoms with Gasteiger partial charge in [-0.3, -0.25) is 0 Å². The lowest BCUT2D eigenvalue weighted by Crippen LogP contribution is -2.02. The third kappa shape index (κ3) is 1.97. The van der Waals surface area contributed by atoms with Crippen LogP contribution in [-0.4, -0.2) is 15.1 Å². The monoisotopic (exact) mass is 242 g/mol. The summed E-state index contributed by atoms with van der Waals surface area (Å²) in [6.45, 7) is 3.95. The topological polar surface area (TPSA) is 46.0 Å². The first-order chi connectivity index (χ1) is 7.09. The summed E-state index contributed by atoms with van der Waals surface area (Å²) in [5.74, 6) is 0.185. The lowest BCUT2D eigenvalue weighted by molar-refractivity contribution is 0.130. The fraction of sp³-hybridized carbons (Fsp3) is 0.400. The number of aliphatic hydroxyl groups excluding tert-OH is 1. The van der Waals surface area contributed by atoms with Gasteiger partial charge in [-0.25, -0.2) is 9.97 Å². The number of fused-ring (bicyclic) bond motifs is 1. The van der Waals surface area contributed by atoms with Gasteiger partial charge in [0.2, 0.25) is 0 Å². The quantitative estimate of drug-likeness (QED) is 0.824. The number of aliphatic hydroxyl groups is 1. The standard InChI is InChI=1S/C10H11ClN2OS/c1-5(2)8(14)7-3-6-9(15-7)10(11)13-4-12-6/h3-5,8,14H,1-2H3. The number of hydrogen-bond donors (Lipinski definition) is 1. The highest BCUT2D eigenvalue weighted by Gasteiger charge is 2.16. The zero-order valence-electron chi connectivity index (χ0n) is 8.44. The van der Waals surface area contributed by atoms with Gasteiger partial charge in [0, 0.05) is 4.88 Å². The summed E-state index contributed by atoms with van der Waals surface area (Å²) < 4.78 is 0.842. The molecule has 0 saturated carbocycles. The van der Waals surface area contributed by atoms with Gasteiger partial charge in [0.25, 0.3) is 0 Å². The van der Waals surface area contributed by atoms with E-state index in [-0.39, 0.29) is 5.92 Å². The van der Waals surface area contributed by atoms with E-state index < -0.39 is 6.10 Å². The van der Waals surface area contributed by atoms with Crippen molar-refractivity contribution < 1.29 is 5.11 Å². The molecule has 0 aliphatic rings. The number of aromatic nitrogens is 2. The highest BCUT2D eigenvalue weighted by Crippen LogP contribution is 2.34. The summed E-state index contributed by atoms with van der Waals surface area (Å²) >= 11 is 7.39. The van der Waals surface area contributed by atoms with Crippen LogP contribution in [0.1, 0.15) is 24.8 Å². The smallest absolute Gasteiger partial charge is 0.150 e.